The number of nitrogens with zero attached hydrogens (tertiary/aromatic N) is 2. The highest BCUT2D eigenvalue weighted by Crippen LogP contribution is 2.22. The van der Waals surface area contributed by atoms with E-state index in [4.69, 9.17) is 4.74 Å². The van der Waals surface area contributed by atoms with Gasteiger partial charge >= 0.3 is 11.7 Å². The molecule has 0 aliphatic heterocycles. The summed E-state index contributed by atoms with van der Waals surface area (Å²) < 4.78 is 5.09. The smallest absolute Gasteiger partial charge is 0.347 e. The lowest BCUT2D eigenvalue weighted by molar-refractivity contribution is -0.143. The number of ether oxygens (including phenoxy) is 1. The topological polar surface area (TPSA) is 101 Å². The maximum Gasteiger partial charge on any atom is 0.347 e. The summed E-state index contributed by atoms with van der Waals surface area (Å²) in [4.78, 5) is 36.3. The molecule has 2 heterocycles. The molecule has 22 heavy (non-hydrogen) atoms. The summed E-state index contributed by atoms with van der Waals surface area (Å²) in [6, 6.07) is 0. The average Bonchev–Trinajstić information content (AvgIpc) is 2.95. The van der Waals surface area contributed by atoms with Crippen molar-refractivity contribution in [3.63, 3.8) is 0 Å². The number of unbranched alkanes of at least 4 members (excludes halogenated alkanes) is 2. The van der Waals surface area contributed by atoms with Crippen LogP contribution < -0.4 is 5.69 Å². The van der Waals surface area contributed by atoms with E-state index in [1.165, 1.54) is 18.1 Å². The molecule has 2 aromatic rings. The fourth-order valence-electron chi connectivity index (χ4n) is 1.88. The van der Waals surface area contributed by atoms with Crippen molar-refractivity contribution in [1.29, 1.82) is 0 Å². The van der Waals surface area contributed by atoms with Gasteiger partial charge in [0.2, 0.25) is 0 Å². The molecule has 0 aliphatic rings. The van der Waals surface area contributed by atoms with E-state index in [0.29, 0.717) is 23.7 Å². The van der Waals surface area contributed by atoms with Crippen molar-refractivity contribution in [2.45, 2.75) is 44.1 Å². The molecule has 0 spiro atoms. The lowest BCUT2D eigenvalue weighted by atomic mass is 10.2. The van der Waals surface area contributed by atoms with Gasteiger partial charge in [-0.25, -0.2) is 9.78 Å². The summed E-state index contributed by atoms with van der Waals surface area (Å²) in [6.45, 7) is 2.57. The van der Waals surface area contributed by atoms with Gasteiger partial charge in [0.15, 0.2) is 5.65 Å². The molecular weight excluding hydrogens is 304 g/mol. The first-order chi connectivity index (χ1) is 10.7. The summed E-state index contributed by atoms with van der Waals surface area (Å²) in [5.74, 6) is 0.649. The van der Waals surface area contributed by atoms with Gasteiger partial charge in [-0.3, -0.25) is 9.78 Å². The van der Waals surface area contributed by atoms with E-state index in [9.17, 15) is 9.59 Å². The van der Waals surface area contributed by atoms with Crippen molar-refractivity contribution < 1.29 is 9.53 Å². The molecule has 8 heteroatoms. The minimum Gasteiger partial charge on any atom is -0.466 e. The van der Waals surface area contributed by atoms with E-state index >= 15 is 0 Å². The largest absolute Gasteiger partial charge is 0.466 e. The Bertz CT molecular complexity index is 667. The summed E-state index contributed by atoms with van der Waals surface area (Å²) in [5.41, 5.74) is 0.854. The second-order valence-corrected chi connectivity index (χ2v) is 5.94. The summed E-state index contributed by atoms with van der Waals surface area (Å²) in [6.07, 6.45) is 5.53. The number of nitrogens with one attached hydrogen (secondary N) is 2. The molecule has 7 nitrogen and oxygen atoms in total. The van der Waals surface area contributed by atoms with Crippen LogP contribution in [0.25, 0.3) is 11.2 Å². The van der Waals surface area contributed by atoms with Gasteiger partial charge in [-0.05, 0) is 25.0 Å². The molecule has 0 bridgehead atoms. The quantitative estimate of drug-likeness (QED) is 0.317. The Hall–Kier alpha value is -1.83. The maximum atomic E-state index is 11.4. The van der Waals surface area contributed by atoms with E-state index in [-0.39, 0.29) is 5.97 Å². The third-order valence-corrected chi connectivity index (χ3v) is 4.12. The number of hydrogen-bond acceptors (Lipinski definition) is 6. The van der Waals surface area contributed by atoms with Crippen molar-refractivity contribution in [3.05, 3.63) is 16.8 Å². The molecule has 0 unspecified atom stereocenters. The number of H-pyrrole nitrogens is 2. The lowest BCUT2D eigenvalue weighted by Crippen LogP contribution is -2.11. The van der Waals surface area contributed by atoms with Crippen LogP contribution in [0, 0.1) is 0 Å². The van der Waals surface area contributed by atoms with E-state index < -0.39 is 5.69 Å². The van der Waals surface area contributed by atoms with Gasteiger partial charge in [0, 0.05) is 6.42 Å². The first-order valence-electron chi connectivity index (χ1n) is 7.42. The van der Waals surface area contributed by atoms with Crippen LogP contribution in [0.5, 0.6) is 0 Å². The molecule has 0 aromatic carbocycles. The highest BCUT2D eigenvalue weighted by atomic mass is 32.2. The Morgan fingerprint density at radius 3 is 3.05 bits per heavy atom. The van der Waals surface area contributed by atoms with Crippen LogP contribution in [0.3, 0.4) is 0 Å². The van der Waals surface area contributed by atoms with Gasteiger partial charge in [0.05, 0.1) is 12.9 Å². The number of hydrogen-bond donors (Lipinski definition) is 2. The van der Waals surface area contributed by atoms with Gasteiger partial charge < -0.3 is 9.72 Å². The summed E-state index contributed by atoms with van der Waals surface area (Å²) >= 11 is 1.49. The molecule has 120 valence electrons. The van der Waals surface area contributed by atoms with E-state index in [0.717, 1.165) is 37.0 Å². The standard InChI is InChI=1S/C14H20N4O3S/c1-2-3-7-21-10(19)6-4-5-8-22-13-11-12(16-9-15-11)17-14(20)18-13/h9H,2-8H2,1H3,(H2,15,16,17,18,20). The van der Waals surface area contributed by atoms with Crippen molar-refractivity contribution >= 4 is 28.9 Å². The summed E-state index contributed by atoms with van der Waals surface area (Å²) in [5, 5.41) is 0.641. The second kappa shape index (κ2) is 8.57. The Kier molecular flexibility index (Phi) is 6.45. The van der Waals surface area contributed by atoms with Gasteiger partial charge in [0.1, 0.15) is 10.5 Å². The molecule has 0 fully saturated rings. The SMILES string of the molecule is CCCCOC(=O)CCCCSc1nc(=O)[nH]c2nc[nH]c12. The molecule has 0 atom stereocenters. The van der Waals surface area contributed by atoms with Crippen LogP contribution in [0.1, 0.15) is 39.0 Å². The molecule has 0 aliphatic carbocycles. The molecule has 2 N–H and O–H groups in total. The summed E-state index contributed by atoms with van der Waals surface area (Å²) in [7, 11) is 0. The normalized spacial score (nSPS) is 11.0. The lowest BCUT2D eigenvalue weighted by Gasteiger charge is -2.04. The molecule has 2 aromatic heterocycles. The molecular formula is C14H20N4O3S. The Labute approximate surface area is 132 Å². The van der Waals surface area contributed by atoms with Crippen molar-refractivity contribution in [1.82, 2.24) is 19.9 Å². The predicted octanol–water partition coefficient (Wildman–Crippen LogP) is 2.25. The number of rotatable bonds is 9. The van der Waals surface area contributed by atoms with E-state index in [2.05, 4.69) is 26.9 Å². The van der Waals surface area contributed by atoms with E-state index in [1.807, 2.05) is 0 Å². The molecule has 0 amide bonds. The van der Waals surface area contributed by atoms with Gasteiger partial charge in [-0.15, -0.1) is 11.8 Å². The van der Waals surface area contributed by atoms with Crippen LogP contribution in [-0.4, -0.2) is 38.3 Å². The number of carbonyl (C=O) groups excluding carboxylic acids is 1. The fourth-order valence-corrected chi connectivity index (χ4v) is 2.87. The average molecular weight is 324 g/mol. The van der Waals surface area contributed by atoms with Gasteiger partial charge in [-0.2, -0.15) is 4.98 Å². The van der Waals surface area contributed by atoms with Crippen LogP contribution in [-0.2, 0) is 9.53 Å². The van der Waals surface area contributed by atoms with Crippen molar-refractivity contribution in [2.24, 2.45) is 0 Å². The molecule has 0 radical (unpaired) electrons. The van der Waals surface area contributed by atoms with E-state index in [1.54, 1.807) is 0 Å². The number of imidazole rings is 1. The number of aromatic nitrogens is 4. The molecule has 2 rings (SSSR count). The predicted molar refractivity (Wildman–Crippen MR) is 85.0 cm³/mol. The van der Waals surface area contributed by atoms with Gasteiger partial charge in [0.25, 0.3) is 0 Å². The number of esters is 1. The highest BCUT2D eigenvalue weighted by molar-refractivity contribution is 7.99. The second-order valence-electron chi connectivity index (χ2n) is 4.85. The first kappa shape index (κ1) is 16.5. The zero-order valence-corrected chi connectivity index (χ0v) is 13.4. The molecule has 0 saturated carbocycles. The maximum absolute atomic E-state index is 11.4. The molecule has 0 saturated heterocycles. The zero-order chi connectivity index (χ0) is 15.8. The third kappa shape index (κ3) is 4.87. The Morgan fingerprint density at radius 2 is 2.23 bits per heavy atom. The van der Waals surface area contributed by atoms with Crippen molar-refractivity contribution in [3.8, 4) is 0 Å². The number of thioether (sulfide) groups is 1. The van der Waals surface area contributed by atoms with Crippen LogP contribution >= 0.6 is 11.8 Å². The number of aromatic amines is 2. The minimum atomic E-state index is -0.401. The van der Waals surface area contributed by atoms with Gasteiger partial charge in [-0.1, -0.05) is 13.3 Å². The Morgan fingerprint density at radius 1 is 1.36 bits per heavy atom. The fraction of sp³-hybridized carbons (Fsp3) is 0.571. The minimum absolute atomic E-state index is 0.135. The van der Waals surface area contributed by atoms with Crippen LogP contribution in [0.2, 0.25) is 0 Å². The number of fused-ring (bicyclic) bond motifs is 1. The van der Waals surface area contributed by atoms with Crippen molar-refractivity contribution in [2.75, 3.05) is 12.4 Å². The first-order valence-corrected chi connectivity index (χ1v) is 8.41. The van der Waals surface area contributed by atoms with Crippen LogP contribution in [0.4, 0.5) is 0 Å². The van der Waals surface area contributed by atoms with Crippen LogP contribution in [0.15, 0.2) is 16.1 Å². The zero-order valence-electron chi connectivity index (χ0n) is 12.6. The highest BCUT2D eigenvalue weighted by Gasteiger charge is 2.08. The number of carbonyl (C=O) groups is 1. The Balaban J connectivity index is 1.71. The third-order valence-electron chi connectivity index (χ3n) is 3.06. The monoisotopic (exact) mass is 324 g/mol.